The van der Waals surface area contributed by atoms with Crippen LogP contribution in [-0.2, 0) is 19.1 Å². The van der Waals surface area contributed by atoms with E-state index in [2.05, 4.69) is 9.47 Å². The predicted octanol–water partition coefficient (Wildman–Crippen LogP) is -1.37. The van der Waals surface area contributed by atoms with Crippen molar-refractivity contribution in [3.8, 4) is 0 Å². The molecule has 1 N–H and O–H groups in total. The monoisotopic (exact) mass is 204 g/mol. The Labute approximate surface area is 84.0 Å². The lowest BCUT2D eigenvalue weighted by atomic mass is 10.3. The van der Waals surface area contributed by atoms with Gasteiger partial charge in [-0.15, -0.1) is 0 Å². The van der Waals surface area contributed by atoms with E-state index in [1.807, 2.05) is 7.05 Å². The summed E-state index contributed by atoms with van der Waals surface area (Å²) in [5, 5.41) is 0. The molecule has 0 aromatic rings. The van der Waals surface area contributed by atoms with Crippen molar-refractivity contribution in [3.05, 3.63) is 0 Å². The second-order valence-electron chi connectivity index (χ2n) is 3.11. The Morgan fingerprint density at radius 3 is 1.64 bits per heavy atom. The first-order chi connectivity index (χ1) is 6.60. The van der Waals surface area contributed by atoms with Crippen LogP contribution in [0.5, 0.6) is 0 Å². The van der Waals surface area contributed by atoms with E-state index >= 15 is 0 Å². The smallest absolute Gasteiger partial charge is 0.311 e. The van der Waals surface area contributed by atoms with E-state index in [-0.39, 0.29) is 11.9 Å². The number of carbonyl (C=O) groups is 2. The van der Waals surface area contributed by atoms with Crippen molar-refractivity contribution in [2.45, 2.75) is 12.8 Å². The third kappa shape index (κ3) is 6.42. The number of methoxy groups -OCH3 is 2. The molecule has 0 saturated carbocycles. The van der Waals surface area contributed by atoms with Crippen molar-refractivity contribution in [2.24, 2.45) is 0 Å². The fourth-order valence-electron chi connectivity index (χ4n) is 0.960. The Kier molecular flexibility index (Phi) is 6.74. The van der Waals surface area contributed by atoms with Crippen LogP contribution in [0, 0.1) is 0 Å². The van der Waals surface area contributed by atoms with Gasteiger partial charge in [0.15, 0.2) is 0 Å². The highest BCUT2D eigenvalue weighted by atomic mass is 16.5. The largest absolute Gasteiger partial charge is 0.469 e. The summed E-state index contributed by atoms with van der Waals surface area (Å²) < 4.78 is 9.01. The quantitative estimate of drug-likeness (QED) is 0.542. The van der Waals surface area contributed by atoms with Crippen LogP contribution < -0.4 is 4.90 Å². The van der Waals surface area contributed by atoms with Gasteiger partial charge in [0.1, 0.15) is 0 Å². The number of ether oxygens (including phenoxy) is 2. The maximum atomic E-state index is 10.8. The molecule has 0 fully saturated rings. The van der Waals surface area contributed by atoms with E-state index < -0.39 is 0 Å². The average Bonchev–Trinajstić information content (AvgIpc) is 2.22. The van der Waals surface area contributed by atoms with Gasteiger partial charge in [0.2, 0.25) is 0 Å². The third-order valence-electron chi connectivity index (χ3n) is 1.97. The number of hydrogen-bond acceptors (Lipinski definition) is 4. The lowest BCUT2D eigenvalue weighted by Crippen LogP contribution is -3.09. The Bertz CT molecular complexity index is 173. The topological polar surface area (TPSA) is 57.0 Å². The molecule has 0 amide bonds. The minimum atomic E-state index is -0.220. The molecule has 82 valence electrons. The number of esters is 2. The van der Waals surface area contributed by atoms with E-state index in [0.29, 0.717) is 25.9 Å². The molecule has 0 unspecified atom stereocenters. The maximum Gasteiger partial charge on any atom is 0.311 e. The van der Waals surface area contributed by atoms with Crippen molar-refractivity contribution in [2.75, 3.05) is 34.4 Å². The van der Waals surface area contributed by atoms with Gasteiger partial charge in [0.05, 0.1) is 47.2 Å². The highest BCUT2D eigenvalue weighted by molar-refractivity contribution is 5.69. The van der Waals surface area contributed by atoms with Crippen molar-refractivity contribution >= 4 is 11.9 Å². The Hall–Kier alpha value is -1.10. The lowest BCUT2D eigenvalue weighted by Gasteiger charge is -2.11. The molecule has 0 heterocycles. The van der Waals surface area contributed by atoms with Crippen LogP contribution in [0.2, 0.25) is 0 Å². The highest BCUT2D eigenvalue weighted by Crippen LogP contribution is 1.80. The summed E-state index contributed by atoms with van der Waals surface area (Å²) in [5.41, 5.74) is 0. The summed E-state index contributed by atoms with van der Waals surface area (Å²) in [4.78, 5) is 22.7. The van der Waals surface area contributed by atoms with Crippen molar-refractivity contribution in [1.29, 1.82) is 0 Å². The van der Waals surface area contributed by atoms with Gasteiger partial charge >= 0.3 is 11.9 Å². The van der Waals surface area contributed by atoms with Gasteiger partial charge in [-0.05, 0) is 0 Å². The molecule has 0 rings (SSSR count). The number of quaternary nitrogens is 1. The molecule has 14 heavy (non-hydrogen) atoms. The maximum absolute atomic E-state index is 10.8. The SMILES string of the molecule is COC(=O)CC[NH+](C)CCC(=O)OC. The van der Waals surface area contributed by atoms with Crippen LogP contribution in [0.3, 0.4) is 0 Å². The number of rotatable bonds is 6. The Balaban J connectivity index is 3.50. The lowest BCUT2D eigenvalue weighted by molar-refractivity contribution is -0.878. The number of nitrogens with one attached hydrogen (secondary N) is 1. The minimum absolute atomic E-state index is 0.220. The first-order valence-corrected chi connectivity index (χ1v) is 4.55. The Morgan fingerprint density at radius 2 is 1.36 bits per heavy atom. The van der Waals surface area contributed by atoms with E-state index in [9.17, 15) is 9.59 Å². The molecule has 0 saturated heterocycles. The first kappa shape index (κ1) is 12.9. The molecule has 0 radical (unpaired) electrons. The van der Waals surface area contributed by atoms with Gasteiger partial charge in [0, 0.05) is 0 Å². The zero-order valence-corrected chi connectivity index (χ0v) is 8.96. The summed E-state index contributed by atoms with van der Waals surface area (Å²) in [6, 6.07) is 0. The third-order valence-corrected chi connectivity index (χ3v) is 1.97. The molecule has 0 aliphatic carbocycles. The molecule has 0 spiro atoms. The second-order valence-corrected chi connectivity index (χ2v) is 3.11. The van der Waals surface area contributed by atoms with Crippen molar-refractivity contribution in [1.82, 2.24) is 0 Å². The van der Waals surface area contributed by atoms with Gasteiger partial charge < -0.3 is 14.4 Å². The number of hydrogen-bond donors (Lipinski definition) is 1. The summed E-state index contributed by atoms with van der Waals surface area (Å²) in [6.07, 6.45) is 0.757. The number of carbonyl (C=O) groups excluding carboxylic acids is 2. The minimum Gasteiger partial charge on any atom is -0.469 e. The summed E-state index contributed by atoms with van der Waals surface area (Å²) in [6.45, 7) is 1.34. The van der Waals surface area contributed by atoms with E-state index in [1.54, 1.807) is 0 Å². The van der Waals surface area contributed by atoms with E-state index in [4.69, 9.17) is 0 Å². The molecule has 5 heteroatoms. The zero-order chi connectivity index (χ0) is 11.0. The molecule has 0 aromatic carbocycles. The molecule has 5 nitrogen and oxygen atoms in total. The van der Waals surface area contributed by atoms with Gasteiger partial charge in [-0.3, -0.25) is 9.59 Å². The predicted molar refractivity (Wildman–Crippen MR) is 49.9 cm³/mol. The van der Waals surface area contributed by atoms with E-state index in [0.717, 1.165) is 4.90 Å². The highest BCUT2D eigenvalue weighted by Gasteiger charge is 2.09. The second kappa shape index (κ2) is 7.32. The summed E-state index contributed by atoms with van der Waals surface area (Å²) in [7, 11) is 4.66. The van der Waals surface area contributed by atoms with Gasteiger partial charge in [-0.1, -0.05) is 0 Å². The molecule has 0 aliphatic rings. The molecule has 0 aromatic heterocycles. The molecular formula is C9H18NO4+. The van der Waals surface area contributed by atoms with E-state index in [1.165, 1.54) is 14.2 Å². The first-order valence-electron chi connectivity index (χ1n) is 4.55. The molecule has 0 bridgehead atoms. The summed E-state index contributed by atoms with van der Waals surface area (Å²) >= 11 is 0. The van der Waals surface area contributed by atoms with Crippen LogP contribution in [0.1, 0.15) is 12.8 Å². The summed E-state index contributed by atoms with van der Waals surface area (Å²) in [5.74, 6) is -0.440. The molecule has 0 aliphatic heterocycles. The van der Waals surface area contributed by atoms with Crippen LogP contribution in [0.25, 0.3) is 0 Å². The Morgan fingerprint density at radius 1 is 1.00 bits per heavy atom. The molecule has 0 atom stereocenters. The van der Waals surface area contributed by atoms with Crippen molar-refractivity contribution < 1.29 is 24.0 Å². The fourth-order valence-corrected chi connectivity index (χ4v) is 0.960. The van der Waals surface area contributed by atoms with Gasteiger partial charge in [0.25, 0.3) is 0 Å². The zero-order valence-electron chi connectivity index (χ0n) is 8.96. The van der Waals surface area contributed by atoms with Crippen LogP contribution in [-0.4, -0.2) is 46.3 Å². The van der Waals surface area contributed by atoms with Gasteiger partial charge in [-0.2, -0.15) is 0 Å². The normalized spacial score (nSPS) is 10.0. The van der Waals surface area contributed by atoms with Crippen LogP contribution in [0.4, 0.5) is 0 Å². The fraction of sp³-hybridized carbons (Fsp3) is 0.778. The van der Waals surface area contributed by atoms with Crippen molar-refractivity contribution in [3.63, 3.8) is 0 Å². The average molecular weight is 204 g/mol. The standard InChI is InChI=1S/C9H17NO4/c1-10(6-4-8(11)13-2)7-5-9(12)14-3/h4-7H2,1-3H3/p+1. The molecular weight excluding hydrogens is 186 g/mol. The van der Waals surface area contributed by atoms with Crippen LogP contribution >= 0.6 is 0 Å². The van der Waals surface area contributed by atoms with Gasteiger partial charge in [-0.25, -0.2) is 0 Å². The van der Waals surface area contributed by atoms with Crippen LogP contribution in [0.15, 0.2) is 0 Å².